The second kappa shape index (κ2) is 10.3. The Kier molecular flexibility index (Phi) is 6.79. The molecular formula is C27H29FN6O2. The van der Waals surface area contributed by atoms with Gasteiger partial charge in [0.15, 0.2) is 6.04 Å². The van der Waals surface area contributed by atoms with E-state index in [4.69, 9.17) is 0 Å². The Labute approximate surface area is 208 Å². The summed E-state index contributed by atoms with van der Waals surface area (Å²) in [7, 11) is 1.84. The number of amides is 2. The van der Waals surface area contributed by atoms with Crippen molar-refractivity contribution in [2.75, 3.05) is 4.90 Å². The van der Waals surface area contributed by atoms with Crippen LogP contribution in [0.1, 0.15) is 43.8 Å². The molecule has 0 bridgehead atoms. The van der Waals surface area contributed by atoms with Crippen molar-refractivity contribution in [2.45, 2.75) is 50.7 Å². The SMILES string of the molecule is Cn1cccc1C(C(=O)NC1CCCCC1)N(C(=O)Cn1nnc2ccccc21)c1ccc(F)cc1. The largest absolute Gasteiger partial charge is 0.352 e. The first-order valence-electron chi connectivity index (χ1n) is 12.3. The summed E-state index contributed by atoms with van der Waals surface area (Å²) in [5.41, 5.74) is 2.47. The number of nitrogens with one attached hydrogen (secondary N) is 1. The number of hydrogen-bond donors (Lipinski definition) is 1. The molecule has 1 saturated carbocycles. The number of benzene rings is 2. The fourth-order valence-corrected chi connectivity index (χ4v) is 4.95. The van der Waals surface area contributed by atoms with Crippen molar-refractivity contribution in [3.05, 3.63) is 78.4 Å². The number of nitrogens with zero attached hydrogens (tertiary/aromatic N) is 5. The Bertz CT molecular complexity index is 1360. The van der Waals surface area contributed by atoms with Crippen LogP contribution < -0.4 is 10.2 Å². The summed E-state index contributed by atoms with van der Waals surface area (Å²) in [6, 6.07) is 15.8. The minimum absolute atomic E-state index is 0.0680. The van der Waals surface area contributed by atoms with E-state index in [1.165, 1.54) is 40.3 Å². The average molecular weight is 489 g/mol. The van der Waals surface area contributed by atoms with Crippen LogP contribution in [-0.2, 0) is 23.2 Å². The maximum Gasteiger partial charge on any atom is 0.249 e. The normalized spacial score (nSPS) is 15.1. The minimum atomic E-state index is -0.945. The Balaban J connectivity index is 1.54. The third-order valence-electron chi connectivity index (χ3n) is 6.80. The van der Waals surface area contributed by atoms with E-state index in [2.05, 4.69) is 15.6 Å². The molecule has 2 aromatic heterocycles. The van der Waals surface area contributed by atoms with Crippen molar-refractivity contribution in [1.82, 2.24) is 24.9 Å². The Morgan fingerprint density at radius 1 is 1.06 bits per heavy atom. The topological polar surface area (TPSA) is 85.0 Å². The van der Waals surface area contributed by atoms with E-state index in [9.17, 15) is 14.0 Å². The van der Waals surface area contributed by atoms with Crippen LogP contribution in [0.3, 0.4) is 0 Å². The number of carbonyl (C=O) groups is 2. The van der Waals surface area contributed by atoms with Crippen LogP contribution in [0.2, 0.25) is 0 Å². The molecule has 1 N–H and O–H groups in total. The monoisotopic (exact) mass is 488 g/mol. The smallest absolute Gasteiger partial charge is 0.249 e. The first-order valence-corrected chi connectivity index (χ1v) is 12.3. The van der Waals surface area contributed by atoms with Crippen molar-refractivity contribution >= 4 is 28.5 Å². The minimum Gasteiger partial charge on any atom is -0.352 e. The van der Waals surface area contributed by atoms with Gasteiger partial charge >= 0.3 is 0 Å². The van der Waals surface area contributed by atoms with E-state index < -0.39 is 11.9 Å². The van der Waals surface area contributed by atoms with Gasteiger partial charge in [-0.05, 0) is 61.4 Å². The quantitative estimate of drug-likeness (QED) is 0.424. The fourth-order valence-electron chi connectivity index (χ4n) is 4.95. The highest BCUT2D eigenvalue weighted by Gasteiger charge is 2.35. The van der Waals surface area contributed by atoms with Crippen molar-refractivity contribution < 1.29 is 14.0 Å². The summed E-state index contributed by atoms with van der Waals surface area (Å²) in [6.07, 6.45) is 6.98. The Morgan fingerprint density at radius 2 is 1.81 bits per heavy atom. The number of para-hydroxylation sites is 1. The molecule has 1 atom stereocenters. The highest BCUT2D eigenvalue weighted by Crippen LogP contribution is 2.30. The van der Waals surface area contributed by atoms with Gasteiger partial charge < -0.3 is 9.88 Å². The Morgan fingerprint density at radius 3 is 2.53 bits per heavy atom. The predicted molar refractivity (Wildman–Crippen MR) is 135 cm³/mol. The molecule has 0 radical (unpaired) electrons. The van der Waals surface area contributed by atoms with E-state index in [1.807, 2.05) is 54.2 Å². The van der Waals surface area contributed by atoms with Gasteiger partial charge in [-0.25, -0.2) is 9.07 Å². The molecule has 4 aromatic rings. The van der Waals surface area contributed by atoms with Crippen LogP contribution in [0.5, 0.6) is 0 Å². The zero-order chi connectivity index (χ0) is 25.1. The first-order chi connectivity index (χ1) is 17.5. The average Bonchev–Trinajstić information content (AvgIpc) is 3.49. The number of carbonyl (C=O) groups excluding carboxylic acids is 2. The number of halogens is 1. The number of aryl methyl sites for hydroxylation is 1. The molecule has 5 rings (SSSR count). The summed E-state index contributed by atoms with van der Waals surface area (Å²) in [6.45, 7) is -0.129. The number of fused-ring (bicyclic) bond motifs is 1. The van der Waals surface area contributed by atoms with Crippen molar-refractivity contribution in [1.29, 1.82) is 0 Å². The second-order valence-corrected chi connectivity index (χ2v) is 9.27. The number of anilines is 1. The number of hydrogen-bond acceptors (Lipinski definition) is 4. The van der Waals surface area contributed by atoms with E-state index in [0.29, 0.717) is 22.4 Å². The van der Waals surface area contributed by atoms with Gasteiger partial charge in [-0.15, -0.1) is 5.10 Å². The van der Waals surface area contributed by atoms with Gasteiger partial charge in [-0.2, -0.15) is 0 Å². The Hall–Kier alpha value is -4.01. The third kappa shape index (κ3) is 4.86. The highest BCUT2D eigenvalue weighted by molar-refractivity contribution is 6.01. The summed E-state index contributed by atoms with van der Waals surface area (Å²) in [5.74, 6) is -1.04. The van der Waals surface area contributed by atoms with Gasteiger partial charge in [0.25, 0.3) is 0 Å². The number of aromatic nitrogens is 4. The molecule has 1 aliphatic carbocycles. The van der Waals surface area contributed by atoms with Crippen LogP contribution in [0, 0.1) is 5.82 Å². The molecule has 1 fully saturated rings. The lowest BCUT2D eigenvalue weighted by Gasteiger charge is -2.33. The lowest BCUT2D eigenvalue weighted by molar-refractivity contribution is -0.127. The number of rotatable bonds is 7. The molecular weight excluding hydrogens is 459 g/mol. The first kappa shape index (κ1) is 23.7. The summed E-state index contributed by atoms with van der Waals surface area (Å²) in [5, 5.41) is 11.5. The molecule has 0 spiro atoms. The molecule has 0 saturated heterocycles. The zero-order valence-corrected chi connectivity index (χ0v) is 20.2. The summed E-state index contributed by atoms with van der Waals surface area (Å²) < 4.78 is 17.2. The predicted octanol–water partition coefficient (Wildman–Crippen LogP) is 4.13. The van der Waals surface area contributed by atoms with E-state index >= 15 is 0 Å². The van der Waals surface area contributed by atoms with E-state index in [0.717, 1.165) is 25.7 Å². The molecule has 0 aliphatic heterocycles. The summed E-state index contributed by atoms with van der Waals surface area (Å²) >= 11 is 0. The van der Waals surface area contributed by atoms with Crippen LogP contribution >= 0.6 is 0 Å². The molecule has 2 heterocycles. The van der Waals surface area contributed by atoms with Gasteiger partial charge in [0.1, 0.15) is 17.9 Å². The molecule has 8 nitrogen and oxygen atoms in total. The third-order valence-corrected chi connectivity index (χ3v) is 6.80. The molecule has 1 aliphatic rings. The van der Waals surface area contributed by atoms with Gasteiger partial charge in [-0.3, -0.25) is 14.5 Å². The maximum atomic E-state index is 13.9. The maximum absolute atomic E-state index is 13.9. The highest BCUT2D eigenvalue weighted by atomic mass is 19.1. The summed E-state index contributed by atoms with van der Waals surface area (Å²) in [4.78, 5) is 29.2. The fraction of sp³-hybridized carbons (Fsp3) is 0.333. The molecule has 2 amide bonds. The zero-order valence-electron chi connectivity index (χ0n) is 20.2. The molecule has 9 heteroatoms. The van der Waals surface area contributed by atoms with E-state index in [1.54, 1.807) is 0 Å². The van der Waals surface area contributed by atoms with E-state index in [-0.39, 0.29) is 24.4 Å². The van der Waals surface area contributed by atoms with Crippen LogP contribution in [0.15, 0.2) is 66.9 Å². The van der Waals surface area contributed by atoms with Crippen LogP contribution in [-0.4, -0.2) is 37.4 Å². The lowest BCUT2D eigenvalue weighted by Crippen LogP contribution is -2.48. The van der Waals surface area contributed by atoms with Crippen LogP contribution in [0.4, 0.5) is 10.1 Å². The van der Waals surface area contributed by atoms with Crippen molar-refractivity contribution in [2.24, 2.45) is 7.05 Å². The standard InChI is InChI=1S/C27H29FN6O2/c1-32-17-7-12-24(32)26(27(36)29-20-8-3-2-4-9-20)34(21-15-13-19(28)14-16-21)25(35)18-33-23-11-6-5-10-22(23)30-31-33/h5-7,10-17,20,26H,2-4,8-9,18H2,1H3,(H,29,36). The molecule has 186 valence electrons. The second-order valence-electron chi connectivity index (χ2n) is 9.27. The molecule has 1 unspecified atom stereocenters. The van der Waals surface area contributed by atoms with Gasteiger partial charge in [0.2, 0.25) is 11.8 Å². The van der Waals surface area contributed by atoms with Gasteiger partial charge in [0, 0.05) is 25.0 Å². The van der Waals surface area contributed by atoms with Crippen LogP contribution in [0.25, 0.3) is 11.0 Å². The lowest BCUT2D eigenvalue weighted by atomic mass is 9.95. The van der Waals surface area contributed by atoms with Gasteiger partial charge in [-0.1, -0.05) is 36.6 Å². The van der Waals surface area contributed by atoms with Gasteiger partial charge in [0.05, 0.1) is 11.2 Å². The van der Waals surface area contributed by atoms with Crippen molar-refractivity contribution in [3.8, 4) is 0 Å². The van der Waals surface area contributed by atoms with Crippen molar-refractivity contribution in [3.63, 3.8) is 0 Å². The molecule has 36 heavy (non-hydrogen) atoms. The molecule has 2 aromatic carbocycles.